The first-order valence-electron chi connectivity index (χ1n) is 21.9. The third kappa shape index (κ3) is 12.1. The zero-order chi connectivity index (χ0) is 55.1. The molecule has 0 radical (unpaired) electrons. The number of methoxy groups -OCH3 is 1. The Bertz CT molecular complexity index is 4310. The van der Waals surface area contributed by atoms with E-state index < -0.39 is 67.6 Å². The lowest BCUT2D eigenvalue weighted by Gasteiger charge is -2.12. The van der Waals surface area contributed by atoms with Crippen LogP contribution in [0.5, 0.6) is 17.4 Å². The van der Waals surface area contributed by atoms with E-state index in [2.05, 4.69) is 46.7 Å². The standard InChI is InChI=1S/C45H40N10O15S6/c1-23-16-32(51-53-39-25(3)29(22-46)43-47-40-34(55(43)44(39)56)8-5-9-35(40)69-4)36(70-12-6-14-73(57,58)59)20-30(23)49-52-33-17-24(2)31(21-37(33)71-13-7-15-74(60,61)62)50-54-45-48-41-38(76(66,67)68)18-26-10-11-27(75(63,64)65)19-28(26)42(41)72-45/h5,8-11,16-21,56H,6-7,12-15H2,1-4H3,(H,57,58,59)(H,60,61,62)(H,63,64,65)(H,66,67,68). The molecule has 0 aliphatic rings. The summed E-state index contributed by atoms with van der Waals surface area (Å²) in [7, 11) is -16.7. The van der Waals surface area contributed by atoms with Gasteiger partial charge in [0.1, 0.15) is 44.7 Å². The average Bonchev–Trinajstić information content (AvgIpc) is 4.00. The molecule has 0 spiro atoms. The largest absolute Gasteiger partial charge is 0.494 e. The third-order valence-corrected chi connectivity index (χ3v) is 16.7. The Balaban J connectivity index is 1.17. The second-order valence-corrected chi connectivity index (χ2v) is 24.6. The number of fused-ring (bicyclic) bond motifs is 6. The molecule has 0 atom stereocenters. The van der Waals surface area contributed by atoms with Crippen molar-refractivity contribution in [1.29, 1.82) is 5.26 Å². The zero-order valence-corrected chi connectivity index (χ0v) is 44.7. The first-order valence-corrected chi connectivity index (χ1v) is 29.8. The van der Waals surface area contributed by atoms with Crippen LogP contribution in [-0.2, 0) is 40.5 Å². The van der Waals surface area contributed by atoms with Crippen LogP contribution in [0.15, 0.2) is 112 Å². The molecule has 8 aromatic rings. The Morgan fingerprint density at radius 2 is 1.38 bits per heavy atom. The molecule has 5 aromatic carbocycles. The van der Waals surface area contributed by atoms with Crippen molar-refractivity contribution in [2.45, 2.75) is 48.3 Å². The number of aryl methyl sites for hydroxylation is 2. The van der Waals surface area contributed by atoms with Crippen molar-refractivity contribution in [1.82, 2.24) is 14.4 Å². The van der Waals surface area contributed by atoms with Crippen LogP contribution in [0, 0.1) is 32.1 Å². The number of benzene rings is 5. The van der Waals surface area contributed by atoms with Crippen LogP contribution in [0.2, 0.25) is 0 Å². The SMILES string of the molecule is COc1cccc2c1nc1c(C#N)c(C)c(N=Nc3cc(C)c(N=Nc4cc(C)c(N=Nc5nc6c(S(=O)(=O)O)cc7ccc(S(=O)(=O)O)cc7c6s5)cc4SCCCS(=O)(=O)O)cc3OCCCS(=O)(=O)O)c(O)n12. The maximum Gasteiger partial charge on any atom is 0.296 e. The number of nitriles is 1. The maximum absolute atomic E-state index is 12.4. The van der Waals surface area contributed by atoms with E-state index in [1.807, 2.05) is 0 Å². The summed E-state index contributed by atoms with van der Waals surface area (Å²) in [5.74, 6) is -0.983. The Kier molecular flexibility index (Phi) is 15.6. The Labute approximate surface area is 440 Å². The quantitative estimate of drug-likeness (QED) is 0.0217. The van der Waals surface area contributed by atoms with Crippen LogP contribution < -0.4 is 9.47 Å². The Hall–Kier alpha value is -7.12. The summed E-state index contributed by atoms with van der Waals surface area (Å²) >= 11 is 1.95. The molecule has 3 heterocycles. The van der Waals surface area contributed by atoms with Crippen LogP contribution in [0.1, 0.15) is 35.1 Å². The lowest BCUT2D eigenvalue weighted by Crippen LogP contribution is -2.08. The molecule has 5 N–H and O–H groups in total. The number of thiazole rings is 1. The molecule has 0 saturated heterocycles. The van der Waals surface area contributed by atoms with Crippen LogP contribution in [0.25, 0.3) is 37.7 Å². The van der Waals surface area contributed by atoms with Gasteiger partial charge in [-0.15, -0.1) is 37.3 Å². The van der Waals surface area contributed by atoms with E-state index in [0.717, 1.165) is 41.3 Å². The van der Waals surface area contributed by atoms with E-state index in [9.17, 15) is 62.3 Å². The average molecular weight is 1150 g/mol. The summed E-state index contributed by atoms with van der Waals surface area (Å²) in [6.45, 7) is 4.65. The minimum Gasteiger partial charge on any atom is -0.494 e. The van der Waals surface area contributed by atoms with Crippen molar-refractivity contribution in [3.8, 4) is 23.4 Å². The van der Waals surface area contributed by atoms with Gasteiger partial charge in [-0.2, -0.15) is 44.0 Å². The smallest absolute Gasteiger partial charge is 0.296 e. The number of thioether (sulfide) groups is 1. The summed E-state index contributed by atoms with van der Waals surface area (Å²) in [5.41, 5.74) is 2.69. The normalized spacial score (nSPS) is 12.9. The Morgan fingerprint density at radius 3 is 2.05 bits per heavy atom. The number of imidazole rings is 1. The highest BCUT2D eigenvalue weighted by atomic mass is 32.2. The predicted octanol–water partition coefficient (Wildman–Crippen LogP) is 10.5. The van der Waals surface area contributed by atoms with Gasteiger partial charge in [0.25, 0.3) is 40.5 Å². The van der Waals surface area contributed by atoms with Gasteiger partial charge in [-0.1, -0.05) is 23.5 Å². The van der Waals surface area contributed by atoms with Crippen LogP contribution in [0.3, 0.4) is 0 Å². The highest BCUT2D eigenvalue weighted by molar-refractivity contribution is 7.99. The van der Waals surface area contributed by atoms with Gasteiger partial charge < -0.3 is 14.6 Å². The molecule has 0 saturated carbocycles. The minimum atomic E-state index is -4.86. The number of nitrogens with zero attached hydrogens (tertiary/aromatic N) is 10. The lowest BCUT2D eigenvalue weighted by atomic mass is 10.1. The van der Waals surface area contributed by atoms with Crippen molar-refractivity contribution in [3.63, 3.8) is 0 Å². The number of hydrogen-bond donors (Lipinski definition) is 5. The number of ether oxygens (including phenoxy) is 2. The molecule has 396 valence electrons. The first-order chi connectivity index (χ1) is 35.7. The van der Waals surface area contributed by atoms with E-state index in [-0.39, 0.29) is 102 Å². The van der Waals surface area contributed by atoms with Crippen LogP contribution in [-0.4, -0.2) is 102 Å². The molecular formula is C45H40N10O15S6. The summed E-state index contributed by atoms with van der Waals surface area (Å²) in [4.78, 5) is 8.17. The monoisotopic (exact) mass is 1150 g/mol. The molecule has 8 rings (SSSR count). The molecule has 0 aliphatic heterocycles. The zero-order valence-electron chi connectivity index (χ0n) is 39.8. The molecule has 31 heteroatoms. The summed E-state index contributed by atoms with van der Waals surface area (Å²) in [6, 6.07) is 17.8. The van der Waals surface area contributed by atoms with Crippen molar-refractivity contribution in [2.24, 2.45) is 30.7 Å². The molecule has 76 heavy (non-hydrogen) atoms. The number of rotatable bonds is 19. The summed E-state index contributed by atoms with van der Waals surface area (Å²) in [6.07, 6.45) is -0.121. The van der Waals surface area contributed by atoms with Gasteiger partial charge >= 0.3 is 0 Å². The summed E-state index contributed by atoms with van der Waals surface area (Å²) < 4.78 is 146. The fraction of sp³-hybridized carbons (Fsp3) is 0.222. The Morgan fingerprint density at radius 1 is 0.724 bits per heavy atom. The maximum atomic E-state index is 12.4. The van der Waals surface area contributed by atoms with E-state index in [0.29, 0.717) is 32.8 Å². The van der Waals surface area contributed by atoms with Gasteiger partial charge in [-0.05, 0) is 104 Å². The van der Waals surface area contributed by atoms with Crippen molar-refractivity contribution >= 4 is 135 Å². The molecule has 0 unspecified atom stereocenters. The van der Waals surface area contributed by atoms with Crippen molar-refractivity contribution in [2.75, 3.05) is 31.0 Å². The van der Waals surface area contributed by atoms with Gasteiger partial charge in [0.2, 0.25) is 11.0 Å². The number of aromatic nitrogens is 3. The number of azo groups is 3. The second-order valence-electron chi connectivity index (χ2n) is 16.6. The number of para-hydroxylation sites is 1. The van der Waals surface area contributed by atoms with E-state index >= 15 is 0 Å². The third-order valence-electron chi connectivity index (χ3n) is 11.3. The topological polar surface area (TPSA) is 384 Å². The van der Waals surface area contributed by atoms with Crippen LogP contribution in [0.4, 0.5) is 33.6 Å². The van der Waals surface area contributed by atoms with Gasteiger partial charge in [-0.3, -0.25) is 22.6 Å². The minimum absolute atomic E-state index is 0.0178. The highest BCUT2D eigenvalue weighted by Gasteiger charge is 2.25. The molecule has 0 aliphatic carbocycles. The number of aromatic hydroxyl groups is 1. The molecule has 3 aromatic heterocycles. The first kappa shape index (κ1) is 55.1. The molecule has 0 bridgehead atoms. The van der Waals surface area contributed by atoms with Crippen molar-refractivity contribution in [3.05, 3.63) is 89.0 Å². The second kappa shape index (κ2) is 21.5. The van der Waals surface area contributed by atoms with Gasteiger partial charge in [0, 0.05) is 21.9 Å². The van der Waals surface area contributed by atoms with Gasteiger partial charge in [0.15, 0.2) is 11.3 Å². The fourth-order valence-electron chi connectivity index (χ4n) is 7.64. The number of hydrogen-bond acceptors (Lipinski definition) is 22. The van der Waals surface area contributed by atoms with E-state index in [1.54, 1.807) is 51.1 Å². The predicted molar refractivity (Wildman–Crippen MR) is 280 cm³/mol. The molecular weight excluding hydrogens is 1110 g/mol. The van der Waals surface area contributed by atoms with E-state index in [1.165, 1.54) is 29.7 Å². The highest BCUT2D eigenvalue weighted by Crippen LogP contribution is 2.44. The van der Waals surface area contributed by atoms with Crippen LogP contribution >= 0.6 is 23.1 Å². The van der Waals surface area contributed by atoms with E-state index in [4.69, 9.17) is 9.47 Å². The summed E-state index contributed by atoms with van der Waals surface area (Å²) in [5, 5.41) is 48.4. The van der Waals surface area contributed by atoms with Gasteiger partial charge in [-0.25, -0.2) is 9.97 Å². The molecule has 0 amide bonds. The molecule has 25 nitrogen and oxygen atoms in total. The molecule has 0 fully saturated rings. The van der Waals surface area contributed by atoms with Gasteiger partial charge in [0.05, 0.1) is 57.4 Å². The number of pyridine rings is 1. The lowest BCUT2D eigenvalue weighted by molar-refractivity contribution is 0.317. The fourth-order valence-corrected chi connectivity index (χ4v) is 11.9. The van der Waals surface area contributed by atoms with Crippen molar-refractivity contribution < 1.29 is 66.5 Å².